The Balaban J connectivity index is 2.45. The lowest BCUT2D eigenvalue weighted by Crippen LogP contribution is -2.13. The average molecular weight is 222 g/mol. The van der Waals surface area contributed by atoms with Crippen molar-refractivity contribution in [2.45, 2.75) is 39.7 Å². The Kier molecular flexibility index (Phi) is 5.50. The molecule has 0 aliphatic carbocycles. The molecule has 0 fully saturated rings. The Morgan fingerprint density at radius 1 is 1.19 bits per heavy atom. The summed E-state index contributed by atoms with van der Waals surface area (Å²) in [6, 6.07) is 6.42. The van der Waals surface area contributed by atoms with Gasteiger partial charge in [0.1, 0.15) is 0 Å². The van der Waals surface area contributed by atoms with E-state index in [2.05, 4.69) is 32.0 Å². The number of ether oxygens (including phenoxy) is 1. The molecular weight excluding hydrogens is 200 g/mol. The van der Waals surface area contributed by atoms with Gasteiger partial charge in [-0.05, 0) is 39.2 Å². The van der Waals surface area contributed by atoms with Crippen molar-refractivity contribution in [2.24, 2.45) is 0 Å². The van der Waals surface area contributed by atoms with Crippen LogP contribution in [0.15, 0.2) is 18.2 Å². The van der Waals surface area contributed by atoms with E-state index in [1.54, 1.807) is 0 Å². The van der Waals surface area contributed by atoms with Crippen LogP contribution < -0.4 is 0 Å². The number of hydrogen-bond donors (Lipinski definition) is 1. The van der Waals surface area contributed by atoms with Crippen molar-refractivity contribution in [2.75, 3.05) is 13.2 Å². The van der Waals surface area contributed by atoms with E-state index >= 15 is 0 Å². The molecule has 0 aromatic heterocycles. The normalized spacial score (nSPS) is 12.8. The fourth-order valence-electron chi connectivity index (χ4n) is 1.92. The summed E-state index contributed by atoms with van der Waals surface area (Å²) in [7, 11) is 0. The summed E-state index contributed by atoms with van der Waals surface area (Å²) < 4.78 is 5.23. The summed E-state index contributed by atoms with van der Waals surface area (Å²) in [5, 5.41) is 9.83. The number of hydrogen-bond acceptors (Lipinski definition) is 2. The standard InChI is InChI=1S/C14H22O2/c1-4-16-6-5-14(15)10-13-8-11(2)7-12(3)9-13/h7-9,14-15H,4-6,10H2,1-3H3. The molecule has 0 bridgehead atoms. The third-order valence-electron chi connectivity index (χ3n) is 2.55. The van der Waals surface area contributed by atoms with Crippen molar-refractivity contribution in [3.05, 3.63) is 34.9 Å². The molecule has 0 heterocycles. The van der Waals surface area contributed by atoms with Crippen LogP contribution in [-0.2, 0) is 11.2 Å². The SMILES string of the molecule is CCOCCC(O)Cc1cc(C)cc(C)c1. The van der Waals surface area contributed by atoms with Crippen molar-refractivity contribution in [3.63, 3.8) is 0 Å². The molecule has 0 aliphatic rings. The molecule has 0 saturated carbocycles. The van der Waals surface area contributed by atoms with Crippen LogP contribution >= 0.6 is 0 Å². The van der Waals surface area contributed by atoms with Gasteiger partial charge >= 0.3 is 0 Å². The first-order valence-electron chi connectivity index (χ1n) is 5.94. The molecule has 1 aromatic carbocycles. The smallest absolute Gasteiger partial charge is 0.0602 e. The van der Waals surface area contributed by atoms with Gasteiger partial charge in [0, 0.05) is 13.2 Å². The summed E-state index contributed by atoms with van der Waals surface area (Å²) in [5.41, 5.74) is 3.72. The molecule has 2 nitrogen and oxygen atoms in total. The largest absolute Gasteiger partial charge is 0.393 e. The molecule has 1 aromatic rings. The van der Waals surface area contributed by atoms with Crippen molar-refractivity contribution >= 4 is 0 Å². The van der Waals surface area contributed by atoms with Crippen LogP contribution in [0, 0.1) is 13.8 Å². The van der Waals surface area contributed by atoms with Crippen LogP contribution in [0.1, 0.15) is 30.0 Å². The van der Waals surface area contributed by atoms with Crippen molar-refractivity contribution in [1.29, 1.82) is 0 Å². The van der Waals surface area contributed by atoms with Gasteiger partial charge in [-0.25, -0.2) is 0 Å². The molecule has 1 N–H and O–H groups in total. The van der Waals surface area contributed by atoms with E-state index in [0.29, 0.717) is 13.0 Å². The van der Waals surface area contributed by atoms with Crippen molar-refractivity contribution in [3.8, 4) is 0 Å². The van der Waals surface area contributed by atoms with Crippen LogP contribution in [0.3, 0.4) is 0 Å². The highest BCUT2D eigenvalue weighted by Crippen LogP contribution is 2.12. The zero-order chi connectivity index (χ0) is 12.0. The van der Waals surface area contributed by atoms with Gasteiger partial charge in [-0.15, -0.1) is 0 Å². The highest BCUT2D eigenvalue weighted by atomic mass is 16.5. The van der Waals surface area contributed by atoms with E-state index in [0.717, 1.165) is 13.0 Å². The van der Waals surface area contributed by atoms with Gasteiger partial charge in [0.15, 0.2) is 0 Å². The maximum atomic E-state index is 9.83. The van der Waals surface area contributed by atoms with E-state index < -0.39 is 0 Å². The van der Waals surface area contributed by atoms with E-state index in [1.807, 2.05) is 6.92 Å². The third-order valence-corrected chi connectivity index (χ3v) is 2.55. The van der Waals surface area contributed by atoms with E-state index in [4.69, 9.17) is 4.74 Å². The van der Waals surface area contributed by atoms with Gasteiger partial charge < -0.3 is 9.84 Å². The Labute approximate surface area is 98.3 Å². The number of aliphatic hydroxyl groups is 1. The minimum atomic E-state index is -0.298. The van der Waals surface area contributed by atoms with Gasteiger partial charge in [-0.3, -0.25) is 0 Å². The molecule has 0 amide bonds. The maximum absolute atomic E-state index is 9.83. The molecule has 0 spiro atoms. The lowest BCUT2D eigenvalue weighted by atomic mass is 10.0. The Morgan fingerprint density at radius 3 is 2.38 bits per heavy atom. The highest BCUT2D eigenvalue weighted by molar-refractivity contribution is 5.28. The fraction of sp³-hybridized carbons (Fsp3) is 0.571. The first-order valence-corrected chi connectivity index (χ1v) is 5.94. The molecule has 2 heteroatoms. The quantitative estimate of drug-likeness (QED) is 0.750. The predicted octanol–water partition coefficient (Wildman–Crippen LogP) is 2.63. The number of aryl methyl sites for hydroxylation is 2. The fourth-order valence-corrected chi connectivity index (χ4v) is 1.92. The van der Waals surface area contributed by atoms with E-state index in [9.17, 15) is 5.11 Å². The summed E-state index contributed by atoms with van der Waals surface area (Å²) in [6.07, 6.45) is 1.13. The van der Waals surface area contributed by atoms with E-state index in [-0.39, 0.29) is 6.10 Å². The molecular formula is C14H22O2. The van der Waals surface area contributed by atoms with Gasteiger partial charge in [-0.1, -0.05) is 29.3 Å². The molecule has 0 radical (unpaired) electrons. The van der Waals surface area contributed by atoms with Crippen LogP contribution in [0.4, 0.5) is 0 Å². The van der Waals surface area contributed by atoms with Crippen LogP contribution in [0.5, 0.6) is 0 Å². The van der Waals surface area contributed by atoms with Crippen molar-refractivity contribution in [1.82, 2.24) is 0 Å². The average Bonchev–Trinajstić information content (AvgIpc) is 2.16. The summed E-state index contributed by atoms with van der Waals surface area (Å²) >= 11 is 0. The molecule has 16 heavy (non-hydrogen) atoms. The second kappa shape index (κ2) is 6.66. The molecule has 1 rings (SSSR count). The second-order valence-electron chi connectivity index (χ2n) is 4.34. The van der Waals surface area contributed by atoms with Crippen LogP contribution in [0.25, 0.3) is 0 Å². The van der Waals surface area contributed by atoms with Gasteiger partial charge in [0.25, 0.3) is 0 Å². The lowest BCUT2D eigenvalue weighted by molar-refractivity contribution is 0.0887. The topological polar surface area (TPSA) is 29.5 Å². The minimum absolute atomic E-state index is 0.298. The zero-order valence-corrected chi connectivity index (χ0v) is 10.5. The Morgan fingerprint density at radius 2 is 1.81 bits per heavy atom. The Bertz CT molecular complexity index is 300. The molecule has 1 unspecified atom stereocenters. The number of aliphatic hydroxyl groups excluding tert-OH is 1. The highest BCUT2D eigenvalue weighted by Gasteiger charge is 2.06. The Hall–Kier alpha value is -0.860. The van der Waals surface area contributed by atoms with Gasteiger partial charge in [-0.2, -0.15) is 0 Å². The van der Waals surface area contributed by atoms with Gasteiger partial charge in [0.05, 0.1) is 6.10 Å². The third kappa shape index (κ3) is 4.77. The van der Waals surface area contributed by atoms with E-state index in [1.165, 1.54) is 16.7 Å². The summed E-state index contributed by atoms with van der Waals surface area (Å²) in [4.78, 5) is 0. The van der Waals surface area contributed by atoms with Crippen molar-refractivity contribution < 1.29 is 9.84 Å². The molecule has 0 saturated heterocycles. The molecule has 1 atom stereocenters. The van der Waals surface area contributed by atoms with Crippen LogP contribution in [0.2, 0.25) is 0 Å². The minimum Gasteiger partial charge on any atom is -0.393 e. The first-order chi connectivity index (χ1) is 7.61. The molecule has 0 aliphatic heterocycles. The summed E-state index contributed by atoms with van der Waals surface area (Å²) in [6.45, 7) is 7.50. The van der Waals surface area contributed by atoms with Crippen LogP contribution in [-0.4, -0.2) is 24.4 Å². The maximum Gasteiger partial charge on any atom is 0.0602 e. The number of rotatable bonds is 6. The summed E-state index contributed by atoms with van der Waals surface area (Å²) in [5.74, 6) is 0. The lowest BCUT2D eigenvalue weighted by Gasteiger charge is -2.11. The first kappa shape index (κ1) is 13.2. The predicted molar refractivity (Wildman–Crippen MR) is 66.7 cm³/mol. The molecule has 90 valence electrons. The number of benzene rings is 1. The monoisotopic (exact) mass is 222 g/mol. The van der Waals surface area contributed by atoms with Gasteiger partial charge in [0.2, 0.25) is 0 Å². The second-order valence-corrected chi connectivity index (χ2v) is 4.34. The zero-order valence-electron chi connectivity index (χ0n) is 10.5.